The third-order valence-corrected chi connectivity index (χ3v) is 2.26. The second kappa shape index (κ2) is 5.39. The summed E-state index contributed by atoms with van der Waals surface area (Å²) in [4.78, 5) is 21.5. The van der Waals surface area contributed by atoms with E-state index in [1.807, 2.05) is 0 Å². The maximum absolute atomic E-state index is 11.3. The predicted octanol–water partition coefficient (Wildman–Crippen LogP) is 0.0990. The molecule has 0 aliphatic heterocycles. The molecule has 0 aliphatic carbocycles. The molecule has 0 bridgehead atoms. The first-order valence-electron chi connectivity index (χ1n) is 5.05. The maximum atomic E-state index is 11.3. The first-order valence-corrected chi connectivity index (χ1v) is 5.05. The van der Waals surface area contributed by atoms with Gasteiger partial charge in [-0.15, -0.1) is 0 Å². The van der Waals surface area contributed by atoms with Gasteiger partial charge < -0.3 is 10.5 Å². The highest BCUT2D eigenvalue weighted by molar-refractivity contribution is 5.95. The third kappa shape index (κ3) is 2.59. The van der Waals surface area contributed by atoms with E-state index in [2.05, 4.69) is 5.10 Å². The summed E-state index contributed by atoms with van der Waals surface area (Å²) in [5.41, 5.74) is 4.91. The molecule has 1 aromatic rings. The van der Waals surface area contributed by atoms with Crippen molar-refractivity contribution in [2.75, 3.05) is 13.7 Å². The van der Waals surface area contributed by atoms with Gasteiger partial charge in [0, 0.05) is 7.11 Å². The molecule has 0 unspecified atom stereocenters. The summed E-state index contributed by atoms with van der Waals surface area (Å²) in [5.74, 6) is -0.861. The molecule has 8 nitrogen and oxygen atoms in total. The van der Waals surface area contributed by atoms with Gasteiger partial charge in [-0.25, -0.2) is 0 Å². The summed E-state index contributed by atoms with van der Waals surface area (Å²) in [5, 5.41) is 14.9. The molecule has 1 aromatic heterocycles. The lowest BCUT2D eigenvalue weighted by Gasteiger charge is -2.02. The van der Waals surface area contributed by atoms with Crippen LogP contribution in [0.3, 0.4) is 0 Å². The van der Waals surface area contributed by atoms with E-state index in [0.717, 1.165) is 0 Å². The zero-order chi connectivity index (χ0) is 13.0. The van der Waals surface area contributed by atoms with E-state index in [-0.39, 0.29) is 23.6 Å². The van der Waals surface area contributed by atoms with Gasteiger partial charge in [0.05, 0.1) is 18.1 Å². The Labute approximate surface area is 97.5 Å². The Balaban J connectivity index is 3.30. The number of hydrogen-bond acceptors (Lipinski definition) is 5. The average molecular weight is 242 g/mol. The van der Waals surface area contributed by atoms with Gasteiger partial charge >= 0.3 is 5.69 Å². The maximum Gasteiger partial charge on any atom is 0.323 e. The predicted molar refractivity (Wildman–Crippen MR) is 58.7 cm³/mol. The minimum Gasteiger partial charge on any atom is -0.383 e. The quantitative estimate of drug-likeness (QED) is 0.561. The van der Waals surface area contributed by atoms with Crippen molar-refractivity contribution < 1.29 is 14.5 Å². The van der Waals surface area contributed by atoms with Crippen molar-refractivity contribution in [1.82, 2.24) is 9.78 Å². The normalized spacial score (nSPS) is 10.5. The van der Waals surface area contributed by atoms with Crippen molar-refractivity contribution in [3.05, 3.63) is 21.5 Å². The molecule has 0 saturated carbocycles. The van der Waals surface area contributed by atoms with Crippen LogP contribution < -0.4 is 5.73 Å². The highest BCUT2D eigenvalue weighted by atomic mass is 16.6. The minimum absolute atomic E-state index is 0.177. The molecule has 0 radical (unpaired) electrons. The highest BCUT2D eigenvalue weighted by Gasteiger charge is 2.29. The van der Waals surface area contributed by atoms with Crippen LogP contribution in [-0.2, 0) is 17.7 Å². The Morgan fingerprint density at radius 1 is 1.65 bits per heavy atom. The summed E-state index contributed by atoms with van der Waals surface area (Å²) < 4.78 is 6.07. The topological polar surface area (TPSA) is 113 Å². The van der Waals surface area contributed by atoms with Crippen molar-refractivity contribution in [2.24, 2.45) is 5.73 Å². The van der Waals surface area contributed by atoms with Crippen LogP contribution in [0.25, 0.3) is 0 Å². The van der Waals surface area contributed by atoms with Gasteiger partial charge in [0.25, 0.3) is 5.91 Å². The largest absolute Gasteiger partial charge is 0.383 e. The van der Waals surface area contributed by atoms with Crippen LogP contribution >= 0.6 is 0 Å². The first-order chi connectivity index (χ1) is 8.02. The lowest BCUT2D eigenvalue weighted by Crippen LogP contribution is -2.20. The van der Waals surface area contributed by atoms with Gasteiger partial charge in [-0.05, 0) is 6.42 Å². The summed E-state index contributed by atoms with van der Waals surface area (Å²) >= 11 is 0. The van der Waals surface area contributed by atoms with Crippen LogP contribution in [0.4, 0.5) is 5.69 Å². The monoisotopic (exact) mass is 242 g/mol. The molecule has 1 rings (SSSR count). The van der Waals surface area contributed by atoms with Crippen molar-refractivity contribution in [2.45, 2.75) is 19.9 Å². The van der Waals surface area contributed by atoms with Gasteiger partial charge in [0.15, 0.2) is 0 Å². The van der Waals surface area contributed by atoms with Crippen molar-refractivity contribution >= 4 is 11.6 Å². The number of primary amides is 1. The van der Waals surface area contributed by atoms with Crippen LogP contribution in [0.1, 0.15) is 23.1 Å². The lowest BCUT2D eigenvalue weighted by molar-refractivity contribution is -0.385. The number of rotatable bonds is 6. The fraction of sp³-hybridized carbons (Fsp3) is 0.556. The Hall–Kier alpha value is -1.96. The molecular formula is C9H14N4O4. The molecule has 1 amide bonds. The molecule has 0 spiro atoms. The van der Waals surface area contributed by atoms with Gasteiger partial charge in [-0.2, -0.15) is 5.10 Å². The summed E-state index contributed by atoms with van der Waals surface area (Å²) in [6.07, 6.45) is 0.358. The van der Waals surface area contributed by atoms with Gasteiger partial charge in [0.1, 0.15) is 5.69 Å². The van der Waals surface area contributed by atoms with E-state index >= 15 is 0 Å². The van der Waals surface area contributed by atoms with Crippen LogP contribution in [0.5, 0.6) is 0 Å². The molecule has 94 valence electrons. The summed E-state index contributed by atoms with van der Waals surface area (Å²) in [6, 6.07) is 0. The Morgan fingerprint density at radius 3 is 2.71 bits per heavy atom. The van der Waals surface area contributed by atoms with Crippen molar-refractivity contribution in [3.8, 4) is 0 Å². The number of carbonyl (C=O) groups is 1. The van der Waals surface area contributed by atoms with E-state index in [1.54, 1.807) is 6.92 Å². The number of carbonyl (C=O) groups excluding carboxylic acids is 1. The molecule has 17 heavy (non-hydrogen) atoms. The number of nitrogens with two attached hydrogens (primary N) is 1. The Morgan fingerprint density at radius 2 is 2.29 bits per heavy atom. The molecule has 0 saturated heterocycles. The minimum atomic E-state index is -0.861. The van der Waals surface area contributed by atoms with Gasteiger partial charge in [-0.1, -0.05) is 6.92 Å². The van der Waals surface area contributed by atoms with Crippen LogP contribution in [0.2, 0.25) is 0 Å². The third-order valence-electron chi connectivity index (χ3n) is 2.26. The van der Waals surface area contributed by atoms with E-state index in [1.165, 1.54) is 11.8 Å². The molecule has 0 aliphatic rings. The van der Waals surface area contributed by atoms with Crippen LogP contribution in [-0.4, -0.2) is 34.3 Å². The standard InChI is InChI=1S/C9H14N4O4/c1-3-6-7(13(15)16)8(9(10)14)12(11-6)4-5-17-2/h3-5H2,1-2H3,(H2,10,14). The SMILES string of the molecule is CCc1nn(CCOC)c(C(N)=O)c1[N+](=O)[O-]. The van der Waals surface area contributed by atoms with Gasteiger partial charge in [0.2, 0.25) is 5.69 Å². The second-order valence-corrected chi connectivity index (χ2v) is 3.33. The summed E-state index contributed by atoms with van der Waals surface area (Å²) in [7, 11) is 1.49. The molecule has 0 fully saturated rings. The number of aryl methyl sites for hydroxylation is 1. The number of nitro groups is 1. The molecule has 0 aromatic carbocycles. The summed E-state index contributed by atoms with van der Waals surface area (Å²) in [6.45, 7) is 2.26. The Kier molecular flexibility index (Phi) is 4.16. The Bertz CT molecular complexity index is 440. The van der Waals surface area contributed by atoms with Crippen molar-refractivity contribution in [3.63, 3.8) is 0 Å². The highest BCUT2D eigenvalue weighted by Crippen LogP contribution is 2.23. The number of methoxy groups -OCH3 is 1. The van der Waals surface area contributed by atoms with E-state index < -0.39 is 10.8 Å². The number of amides is 1. The fourth-order valence-electron chi connectivity index (χ4n) is 1.52. The molecular weight excluding hydrogens is 228 g/mol. The molecule has 8 heteroatoms. The zero-order valence-corrected chi connectivity index (χ0v) is 9.67. The molecule has 2 N–H and O–H groups in total. The first kappa shape index (κ1) is 13.1. The lowest BCUT2D eigenvalue weighted by atomic mass is 10.2. The van der Waals surface area contributed by atoms with Crippen molar-refractivity contribution in [1.29, 1.82) is 0 Å². The fourth-order valence-corrected chi connectivity index (χ4v) is 1.52. The smallest absolute Gasteiger partial charge is 0.323 e. The number of aromatic nitrogens is 2. The zero-order valence-electron chi connectivity index (χ0n) is 9.67. The number of hydrogen-bond donors (Lipinski definition) is 1. The van der Waals surface area contributed by atoms with E-state index in [0.29, 0.717) is 13.0 Å². The van der Waals surface area contributed by atoms with Gasteiger partial charge in [-0.3, -0.25) is 19.6 Å². The molecule has 1 heterocycles. The average Bonchev–Trinajstić information content (AvgIpc) is 2.64. The molecule has 0 atom stereocenters. The second-order valence-electron chi connectivity index (χ2n) is 3.33. The number of nitrogens with zero attached hydrogens (tertiary/aromatic N) is 3. The number of ether oxygens (including phenoxy) is 1. The van der Waals surface area contributed by atoms with Crippen LogP contribution in [0, 0.1) is 10.1 Å². The van der Waals surface area contributed by atoms with E-state index in [9.17, 15) is 14.9 Å². The van der Waals surface area contributed by atoms with Crippen LogP contribution in [0.15, 0.2) is 0 Å². The van der Waals surface area contributed by atoms with E-state index in [4.69, 9.17) is 10.5 Å².